The van der Waals surface area contributed by atoms with E-state index in [0.29, 0.717) is 5.56 Å². The number of rotatable bonds is 4. The first-order valence-corrected chi connectivity index (χ1v) is 6.05. The van der Waals surface area contributed by atoms with Gasteiger partial charge in [0.2, 0.25) is 0 Å². The van der Waals surface area contributed by atoms with Gasteiger partial charge in [-0.25, -0.2) is 8.78 Å². The van der Waals surface area contributed by atoms with Gasteiger partial charge in [-0.3, -0.25) is 9.97 Å². The Kier molecular flexibility index (Phi) is 4.16. The fourth-order valence-corrected chi connectivity index (χ4v) is 1.94. The Morgan fingerprint density at radius 2 is 1.89 bits per heavy atom. The van der Waals surface area contributed by atoms with Gasteiger partial charge in [0.25, 0.3) is 0 Å². The second kappa shape index (κ2) is 5.84. The molecule has 0 aliphatic carbocycles. The molecule has 2 unspecified atom stereocenters. The highest BCUT2D eigenvalue weighted by atomic mass is 19.1. The molecule has 0 spiro atoms. The van der Waals surface area contributed by atoms with Crippen LogP contribution in [0.4, 0.5) is 8.78 Å². The summed E-state index contributed by atoms with van der Waals surface area (Å²) >= 11 is 0. The number of halogens is 2. The van der Waals surface area contributed by atoms with E-state index in [1.54, 1.807) is 18.6 Å². The van der Waals surface area contributed by atoms with Gasteiger partial charge in [0.1, 0.15) is 11.6 Å². The maximum Gasteiger partial charge on any atom is 0.130 e. The highest BCUT2D eigenvalue weighted by Crippen LogP contribution is 2.21. The molecule has 19 heavy (non-hydrogen) atoms. The summed E-state index contributed by atoms with van der Waals surface area (Å²) in [5.41, 5.74) is 1.20. The largest absolute Gasteiger partial charge is 0.302 e. The molecule has 0 saturated heterocycles. The first-order chi connectivity index (χ1) is 9.08. The van der Waals surface area contributed by atoms with Gasteiger partial charge in [0, 0.05) is 42.3 Å². The van der Waals surface area contributed by atoms with Crippen molar-refractivity contribution >= 4 is 0 Å². The first-order valence-electron chi connectivity index (χ1n) is 6.05. The second-order valence-corrected chi connectivity index (χ2v) is 4.41. The highest BCUT2D eigenvalue weighted by Gasteiger charge is 2.15. The van der Waals surface area contributed by atoms with Crippen LogP contribution in [0.2, 0.25) is 0 Å². The molecule has 1 heterocycles. The zero-order valence-corrected chi connectivity index (χ0v) is 10.8. The predicted molar refractivity (Wildman–Crippen MR) is 68.4 cm³/mol. The number of benzene rings is 1. The fourth-order valence-electron chi connectivity index (χ4n) is 1.94. The van der Waals surface area contributed by atoms with E-state index in [0.717, 1.165) is 11.8 Å². The monoisotopic (exact) mass is 263 g/mol. The lowest BCUT2D eigenvalue weighted by atomic mass is 10.1. The third-order valence-electron chi connectivity index (χ3n) is 2.96. The molecular formula is C14H15F2N3. The van der Waals surface area contributed by atoms with E-state index >= 15 is 0 Å². The van der Waals surface area contributed by atoms with Crippen molar-refractivity contribution in [1.82, 2.24) is 15.3 Å². The van der Waals surface area contributed by atoms with Crippen molar-refractivity contribution in [3.63, 3.8) is 0 Å². The van der Waals surface area contributed by atoms with Gasteiger partial charge in [-0.1, -0.05) is 6.07 Å². The van der Waals surface area contributed by atoms with Crippen LogP contribution < -0.4 is 5.32 Å². The van der Waals surface area contributed by atoms with Gasteiger partial charge in [-0.15, -0.1) is 0 Å². The number of nitrogens with zero attached hydrogens (tertiary/aromatic N) is 2. The lowest BCUT2D eigenvalue weighted by Gasteiger charge is -2.20. The third-order valence-corrected chi connectivity index (χ3v) is 2.96. The quantitative estimate of drug-likeness (QED) is 0.920. The Morgan fingerprint density at radius 3 is 2.53 bits per heavy atom. The van der Waals surface area contributed by atoms with Crippen molar-refractivity contribution in [2.75, 3.05) is 0 Å². The molecule has 1 aromatic heterocycles. The summed E-state index contributed by atoms with van der Waals surface area (Å²) in [5, 5.41) is 3.21. The first kappa shape index (κ1) is 13.5. The summed E-state index contributed by atoms with van der Waals surface area (Å²) in [5.74, 6) is -1.12. The minimum absolute atomic E-state index is 0.0758. The van der Waals surface area contributed by atoms with Crippen LogP contribution >= 0.6 is 0 Å². The molecule has 0 bridgehead atoms. The zero-order chi connectivity index (χ0) is 13.8. The van der Waals surface area contributed by atoms with E-state index in [2.05, 4.69) is 15.3 Å². The van der Waals surface area contributed by atoms with E-state index in [4.69, 9.17) is 0 Å². The average Bonchev–Trinajstić information content (AvgIpc) is 2.39. The average molecular weight is 263 g/mol. The van der Waals surface area contributed by atoms with Crippen molar-refractivity contribution in [3.8, 4) is 0 Å². The number of aromatic nitrogens is 2. The normalized spacial score (nSPS) is 14.1. The number of hydrogen-bond donors (Lipinski definition) is 1. The summed E-state index contributed by atoms with van der Waals surface area (Å²) in [6.07, 6.45) is 4.86. The van der Waals surface area contributed by atoms with Gasteiger partial charge >= 0.3 is 0 Å². The van der Waals surface area contributed by atoms with Crippen LogP contribution in [-0.2, 0) is 0 Å². The lowest BCUT2D eigenvalue weighted by Crippen LogP contribution is -2.24. The van der Waals surface area contributed by atoms with Crippen LogP contribution in [0.5, 0.6) is 0 Å². The van der Waals surface area contributed by atoms with Crippen LogP contribution in [-0.4, -0.2) is 9.97 Å². The Balaban J connectivity index is 2.10. The van der Waals surface area contributed by atoms with Crippen molar-refractivity contribution in [2.45, 2.75) is 25.9 Å². The van der Waals surface area contributed by atoms with Crippen LogP contribution in [0.3, 0.4) is 0 Å². The minimum Gasteiger partial charge on any atom is -0.302 e. The molecule has 2 rings (SSSR count). The van der Waals surface area contributed by atoms with Gasteiger partial charge in [0.15, 0.2) is 0 Å². The van der Waals surface area contributed by atoms with E-state index in [1.807, 2.05) is 13.8 Å². The summed E-state index contributed by atoms with van der Waals surface area (Å²) in [4.78, 5) is 8.17. The molecule has 0 aliphatic heterocycles. The lowest BCUT2D eigenvalue weighted by molar-refractivity contribution is 0.463. The minimum atomic E-state index is -0.574. The van der Waals surface area contributed by atoms with Gasteiger partial charge in [-0.05, 0) is 19.9 Å². The Bertz CT molecular complexity index is 546. The Hall–Kier alpha value is -1.88. The molecule has 1 N–H and O–H groups in total. The van der Waals surface area contributed by atoms with Crippen molar-refractivity contribution in [2.24, 2.45) is 0 Å². The molecule has 0 amide bonds. The second-order valence-electron chi connectivity index (χ2n) is 4.41. The van der Waals surface area contributed by atoms with E-state index in [-0.39, 0.29) is 12.1 Å². The molecule has 1 aromatic carbocycles. The molecule has 100 valence electrons. The molecule has 0 fully saturated rings. The molecule has 0 aliphatic rings. The smallest absolute Gasteiger partial charge is 0.130 e. The third kappa shape index (κ3) is 3.32. The SMILES string of the molecule is CC(NC(C)c1ccc(F)cc1F)c1cnccn1. The molecule has 3 nitrogen and oxygen atoms in total. The zero-order valence-electron chi connectivity index (χ0n) is 10.8. The summed E-state index contributed by atoms with van der Waals surface area (Å²) in [7, 11) is 0. The number of hydrogen-bond acceptors (Lipinski definition) is 3. The predicted octanol–water partition coefficient (Wildman–Crippen LogP) is 3.17. The topological polar surface area (TPSA) is 37.8 Å². The van der Waals surface area contributed by atoms with Crippen LogP contribution in [0.15, 0.2) is 36.8 Å². The highest BCUT2D eigenvalue weighted by molar-refractivity contribution is 5.22. The van der Waals surface area contributed by atoms with E-state index in [1.165, 1.54) is 12.1 Å². The van der Waals surface area contributed by atoms with Gasteiger partial charge in [-0.2, -0.15) is 0 Å². The van der Waals surface area contributed by atoms with E-state index in [9.17, 15) is 8.78 Å². The fraction of sp³-hybridized carbons (Fsp3) is 0.286. The maximum atomic E-state index is 13.6. The van der Waals surface area contributed by atoms with Gasteiger partial charge < -0.3 is 5.32 Å². The summed E-state index contributed by atoms with van der Waals surface area (Å²) in [6, 6.07) is 3.27. The van der Waals surface area contributed by atoms with Crippen molar-refractivity contribution < 1.29 is 8.78 Å². The molecule has 0 radical (unpaired) electrons. The molecule has 0 saturated carbocycles. The Morgan fingerprint density at radius 1 is 1.11 bits per heavy atom. The van der Waals surface area contributed by atoms with E-state index < -0.39 is 11.6 Å². The maximum absolute atomic E-state index is 13.6. The molecule has 2 aromatic rings. The summed E-state index contributed by atoms with van der Waals surface area (Å²) in [6.45, 7) is 3.74. The standard InChI is InChI=1S/C14H15F2N3/c1-9(12-4-3-11(15)7-13(12)16)19-10(2)14-8-17-5-6-18-14/h3-10,19H,1-2H3. The molecule has 2 atom stereocenters. The van der Waals surface area contributed by atoms with Gasteiger partial charge in [0.05, 0.1) is 5.69 Å². The van der Waals surface area contributed by atoms with Crippen molar-refractivity contribution in [1.29, 1.82) is 0 Å². The Labute approximate surface area is 110 Å². The van der Waals surface area contributed by atoms with Crippen LogP contribution in [0.1, 0.15) is 37.2 Å². The van der Waals surface area contributed by atoms with Crippen molar-refractivity contribution in [3.05, 3.63) is 59.7 Å². The van der Waals surface area contributed by atoms with Crippen LogP contribution in [0.25, 0.3) is 0 Å². The molecular weight excluding hydrogens is 248 g/mol. The number of nitrogens with one attached hydrogen (secondary N) is 1. The summed E-state index contributed by atoms with van der Waals surface area (Å²) < 4.78 is 26.5. The molecule has 5 heteroatoms. The van der Waals surface area contributed by atoms with Crippen LogP contribution in [0, 0.1) is 11.6 Å².